The Morgan fingerprint density at radius 1 is 1.00 bits per heavy atom. The average Bonchev–Trinajstić information content (AvgIpc) is 3.73. The summed E-state index contributed by atoms with van der Waals surface area (Å²) in [5, 5.41) is 0. The monoisotopic (exact) mass is 515 g/mol. The van der Waals surface area contributed by atoms with Gasteiger partial charge in [0.1, 0.15) is 5.82 Å². The number of likely N-dealkylation sites (tertiary alicyclic amines) is 1. The maximum atomic E-state index is 13.9. The Hall–Kier alpha value is -2.78. The van der Waals surface area contributed by atoms with E-state index >= 15 is 0 Å². The minimum atomic E-state index is -3.85. The summed E-state index contributed by atoms with van der Waals surface area (Å²) in [7, 11) is -3.85. The molecule has 1 heterocycles. The molecular weight excluding hydrogens is 481 g/mol. The van der Waals surface area contributed by atoms with Gasteiger partial charge < -0.3 is 9.80 Å². The van der Waals surface area contributed by atoms with E-state index in [1.807, 2.05) is 11.8 Å². The van der Waals surface area contributed by atoms with Crippen molar-refractivity contribution in [3.05, 3.63) is 66.0 Å². The first-order valence-corrected chi connectivity index (χ1v) is 14.1. The molecule has 36 heavy (non-hydrogen) atoms. The van der Waals surface area contributed by atoms with E-state index in [0.717, 1.165) is 12.8 Å². The number of hydrogen-bond acceptors (Lipinski definition) is 4. The number of rotatable bonds is 10. The lowest BCUT2D eigenvalue weighted by atomic mass is 10.0. The second-order valence-corrected chi connectivity index (χ2v) is 11.6. The van der Waals surface area contributed by atoms with E-state index in [-0.39, 0.29) is 54.1 Å². The second kappa shape index (κ2) is 11.5. The summed E-state index contributed by atoms with van der Waals surface area (Å²) in [6.07, 6.45) is 3.68. The van der Waals surface area contributed by atoms with Crippen molar-refractivity contribution in [1.29, 1.82) is 0 Å². The van der Waals surface area contributed by atoms with Crippen molar-refractivity contribution in [2.45, 2.75) is 56.5 Å². The first kappa shape index (κ1) is 26.3. The Morgan fingerprint density at radius 2 is 1.69 bits per heavy atom. The summed E-state index contributed by atoms with van der Waals surface area (Å²) in [5.41, 5.74) is 0.646. The highest BCUT2D eigenvalue weighted by Crippen LogP contribution is 2.32. The number of carbonyl (C=O) groups is 2. The van der Waals surface area contributed by atoms with Gasteiger partial charge in [0, 0.05) is 38.1 Å². The molecule has 7 nitrogen and oxygen atoms in total. The maximum Gasteiger partial charge on any atom is 0.243 e. The zero-order valence-corrected chi connectivity index (χ0v) is 21.5. The first-order chi connectivity index (χ1) is 17.3. The van der Waals surface area contributed by atoms with Gasteiger partial charge in [-0.25, -0.2) is 12.8 Å². The molecule has 2 aromatic rings. The number of carbonyl (C=O) groups excluding carboxylic acids is 2. The van der Waals surface area contributed by atoms with Crippen LogP contribution in [0.3, 0.4) is 0 Å². The van der Waals surface area contributed by atoms with Gasteiger partial charge in [0.05, 0.1) is 11.4 Å². The predicted octanol–water partition coefficient (Wildman–Crippen LogP) is 3.66. The fourth-order valence-electron chi connectivity index (χ4n) is 4.76. The van der Waals surface area contributed by atoms with Crippen molar-refractivity contribution >= 4 is 21.8 Å². The van der Waals surface area contributed by atoms with Crippen molar-refractivity contribution in [1.82, 2.24) is 14.1 Å². The molecule has 0 aromatic heterocycles. The summed E-state index contributed by atoms with van der Waals surface area (Å²) >= 11 is 0. The number of piperidine rings is 1. The second-order valence-electron chi connectivity index (χ2n) is 9.63. The average molecular weight is 516 g/mol. The molecule has 2 fully saturated rings. The van der Waals surface area contributed by atoms with Crippen LogP contribution in [0.15, 0.2) is 59.5 Å². The summed E-state index contributed by atoms with van der Waals surface area (Å²) in [4.78, 5) is 29.9. The number of sulfonamides is 1. The van der Waals surface area contributed by atoms with Crippen LogP contribution >= 0.6 is 0 Å². The summed E-state index contributed by atoms with van der Waals surface area (Å²) in [6.45, 7) is 3.10. The van der Waals surface area contributed by atoms with E-state index in [1.165, 1.54) is 28.6 Å². The molecule has 0 spiro atoms. The fourth-order valence-corrected chi connectivity index (χ4v) is 6.26. The third kappa shape index (κ3) is 6.31. The Bertz CT molecular complexity index is 1160. The number of halogens is 1. The van der Waals surface area contributed by atoms with Crippen LogP contribution in [-0.4, -0.2) is 66.6 Å². The maximum absolute atomic E-state index is 13.9. The van der Waals surface area contributed by atoms with Crippen LogP contribution in [0.4, 0.5) is 4.39 Å². The molecule has 0 atom stereocenters. The number of hydrogen-bond donors (Lipinski definition) is 0. The number of benzene rings is 2. The van der Waals surface area contributed by atoms with Crippen molar-refractivity contribution in [3.8, 4) is 0 Å². The summed E-state index contributed by atoms with van der Waals surface area (Å²) in [6, 6.07) is 14.1. The molecule has 4 rings (SSSR count). The zero-order chi connectivity index (χ0) is 25.7. The van der Waals surface area contributed by atoms with Crippen LogP contribution in [0.25, 0.3) is 0 Å². The third-order valence-corrected chi connectivity index (χ3v) is 8.73. The Balaban J connectivity index is 1.53. The standard InChI is InChI=1S/C27H34FN3O4S/c1-2-15-30(36(34,35)25-9-4-3-5-10-25)20-26(32)31(19-21-7-6-8-23(28)18-21)24-13-16-29(17-14-24)27(33)22-11-12-22/h3-10,18,22,24H,2,11-17,19-20H2,1H3. The quantitative estimate of drug-likeness (QED) is 0.484. The smallest absolute Gasteiger partial charge is 0.243 e. The van der Waals surface area contributed by atoms with Crippen LogP contribution < -0.4 is 0 Å². The topological polar surface area (TPSA) is 78.0 Å². The lowest BCUT2D eigenvalue weighted by molar-refractivity contribution is -0.138. The van der Waals surface area contributed by atoms with Crippen LogP contribution in [0, 0.1) is 11.7 Å². The van der Waals surface area contributed by atoms with E-state index in [1.54, 1.807) is 35.2 Å². The van der Waals surface area contributed by atoms with E-state index in [2.05, 4.69) is 0 Å². The van der Waals surface area contributed by atoms with Crippen LogP contribution in [0.1, 0.15) is 44.6 Å². The Morgan fingerprint density at radius 3 is 2.31 bits per heavy atom. The molecule has 1 saturated carbocycles. The van der Waals surface area contributed by atoms with Gasteiger partial charge in [-0.3, -0.25) is 9.59 Å². The lowest BCUT2D eigenvalue weighted by Gasteiger charge is -2.39. The van der Waals surface area contributed by atoms with E-state index in [0.29, 0.717) is 37.9 Å². The third-order valence-electron chi connectivity index (χ3n) is 6.87. The minimum absolute atomic E-state index is 0.148. The molecule has 1 aliphatic heterocycles. The van der Waals surface area contributed by atoms with Gasteiger partial charge in [-0.05, 0) is 61.9 Å². The van der Waals surface area contributed by atoms with Gasteiger partial charge in [-0.15, -0.1) is 0 Å². The zero-order valence-electron chi connectivity index (χ0n) is 20.7. The predicted molar refractivity (Wildman–Crippen MR) is 135 cm³/mol. The van der Waals surface area contributed by atoms with Crippen molar-refractivity contribution in [2.75, 3.05) is 26.2 Å². The Labute approximate surface area is 212 Å². The van der Waals surface area contributed by atoms with E-state index in [9.17, 15) is 22.4 Å². The molecule has 1 aliphatic carbocycles. The van der Waals surface area contributed by atoms with Gasteiger partial charge in [0.2, 0.25) is 21.8 Å². The van der Waals surface area contributed by atoms with Gasteiger partial charge in [-0.1, -0.05) is 37.3 Å². The Kier molecular flexibility index (Phi) is 8.41. The van der Waals surface area contributed by atoms with Crippen LogP contribution in [0.2, 0.25) is 0 Å². The summed E-state index contributed by atoms with van der Waals surface area (Å²) in [5.74, 6) is -0.361. The van der Waals surface area contributed by atoms with Gasteiger partial charge in [-0.2, -0.15) is 4.31 Å². The van der Waals surface area contributed by atoms with Crippen molar-refractivity contribution < 1.29 is 22.4 Å². The fraction of sp³-hybridized carbons (Fsp3) is 0.481. The molecule has 2 aromatic carbocycles. The van der Waals surface area contributed by atoms with Crippen molar-refractivity contribution in [2.24, 2.45) is 5.92 Å². The molecule has 9 heteroatoms. The number of nitrogens with zero attached hydrogens (tertiary/aromatic N) is 3. The summed E-state index contributed by atoms with van der Waals surface area (Å²) < 4.78 is 41.8. The normalized spacial score (nSPS) is 16.8. The minimum Gasteiger partial charge on any atom is -0.342 e. The molecular formula is C27H34FN3O4S. The highest BCUT2D eigenvalue weighted by atomic mass is 32.2. The molecule has 2 aliphatic rings. The van der Waals surface area contributed by atoms with Gasteiger partial charge in [0.15, 0.2) is 0 Å². The molecule has 2 amide bonds. The van der Waals surface area contributed by atoms with Gasteiger partial charge >= 0.3 is 0 Å². The van der Waals surface area contributed by atoms with Crippen LogP contribution in [0.5, 0.6) is 0 Å². The lowest BCUT2D eigenvalue weighted by Crippen LogP contribution is -2.51. The highest BCUT2D eigenvalue weighted by Gasteiger charge is 2.37. The SMILES string of the molecule is CCCN(CC(=O)N(Cc1cccc(F)c1)C1CCN(C(=O)C2CC2)CC1)S(=O)(=O)c1ccccc1. The molecule has 0 N–H and O–H groups in total. The van der Waals surface area contributed by atoms with E-state index in [4.69, 9.17) is 0 Å². The first-order valence-electron chi connectivity index (χ1n) is 12.7. The molecule has 0 unspecified atom stereocenters. The molecule has 0 bridgehead atoms. The molecule has 0 radical (unpaired) electrons. The van der Waals surface area contributed by atoms with Crippen LogP contribution in [-0.2, 0) is 26.2 Å². The molecule has 1 saturated heterocycles. The molecule has 194 valence electrons. The van der Waals surface area contributed by atoms with E-state index < -0.39 is 10.0 Å². The van der Waals surface area contributed by atoms with Gasteiger partial charge in [0.25, 0.3) is 0 Å². The van der Waals surface area contributed by atoms with Crippen molar-refractivity contribution in [3.63, 3.8) is 0 Å². The highest BCUT2D eigenvalue weighted by molar-refractivity contribution is 7.89. The number of amides is 2. The largest absolute Gasteiger partial charge is 0.342 e.